The minimum atomic E-state index is 0.841. The average molecular weight is 222 g/mol. The molecule has 0 nitrogen and oxygen atoms in total. The van der Waals surface area contributed by atoms with E-state index >= 15 is 0 Å². The molecule has 0 aliphatic heterocycles. The second-order valence-electron chi connectivity index (χ2n) is 6.05. The largest absolute Gasteiger partial charge is 0.0741 e. The van der Waals surface area contributed by atoms with E-state index in [4.69, 9.17) is 0 Å². The normalized spacial score (nSPS) is 30.6. The van der Waals surface area contributed by atoms with Crippen LogP contribution < -0.4 is 0 Å². The Hall–Kier alpha value is -0.260. The van der Waals surface area contributed by atoms with Crippen molar-refractivity contribution < 1.29 is 0 Å². The standard InChI is InChI=1S/C16H30/c1-7-12(5)15(10-9-11(3)4)16-13(6)14(16)8-2/h11,13-14,16H,7-10H2,1-6H3. The monoisotopic (exact) mass is 222 g/mol. The fourth-order valence-electron chi connectivity index (χ4n) is 3.08. The Bertz CT molecular complexity index is 247. The summed E-state index contributed by atoms with van der Waals surface area (Å²) < 4.78 is 0. The molecular formula is C16H30. The summed E-state index contributed by atoms with van der Waals surface area (Å²) in [5.74, 6) is 3.72. The van der Waals surface area contributed by atoms with E-state index in [1.165, 1.54) is 25.7 Å². The smallest absolute Gasteiger partial charge is 0.0141 e. The van der Waals surface area contributed by atoms with Crippen molar-refractivity contribution in [1.82, 2.24) is 0 Å². The van der Waals surface area contributed by atoms with E-state index in [1.54, 1.807) is 5.57 Å². The zero-order chi connectivity index (χ0) is 12.3. The van der Waals surface area contributed by atoms with Crippen LogP contribution in [0.4, 0.5) is 0 Å². The molecule has 0 amide bonds. The van der Waals surface area contributed by atoms with Crippen molar-refractivity contribution in [2.75, 3.05) is 0 Å². The molecule has 0 aromatic rings. The second kappa shape index (κ2) is 5.89. The molecule has 1 fully saturated rings. The zero-order valence-corrected chi connectivity index (χ0v) is 12.1. The summed E-state index contributed by atoms with van der Waals surface area (Å²) >= 11 is 0. The lowest BCUT2D eigenvalue weighted by atomic mass is 9.93. The summed E-state index contributed by atoms with van der Waals surface area (Å²) in [6.07, 6.45) is 5.33. The lowest BCUT2D eigenvalue weighted by molar-refractivity contribution is 0.563. The maximum absolute atomic E-state index is 2.44. The van der Waals surface area contributed by atoms with Gasteiger partial charge in [0.1, 0.15) is 0 Å². The zero-order valence-electron chi connectivity index (χ0n) is 12.1. The first-order valence-corrected chi connectivity index (χ1v) is 7.21. The molecule has 0 aromatic carbocycles. The summed E-state index contributed by atoms with van der Waals surface area (Å²) in [6, 6.07) is 0. The number of allylic oxidation sites excluding steroid dienone is 2. The molecule has 0 saturated heterocycles. The van der Waals surface area contributed by atoms with Gasteiger partial charge in [-0.1, -0.05) is 52.2 Å². The maximum atomic E-state index is 2.44. The van der Waals surface area contributed by atoms with Crippen molar-refractivity contribution >= 4 is 0 Å². The molecule has 0 heteroatoms. The molecule has 0 spiro atoms. The van der Waals surface area contributed by atoms with Gasteiger partial charge in [0.2, 0.25) is 0 Å². The Balaban J connectivity index is 2.67. The van der Waals surface area contributed by atoms with E-state index in [-0.39, 0.29) is 0 Å². The van der Waals surface area contributed by atoms with Gasteiger partial charge in [-0.2, -0.15) is 0 Å². The molecule has 0 N–H and O–H groups in total. The van der Waals surface area contributed by atoms with E-state index < -0.39 is 0 Å². The van der Waals surface area contributed by atoms with Gasteiger partial charge in [0.05, 0.1) is 0 Å². The topological polar surface area (TPSA) is 0 Å². The maximum Gasteiger partial charge on any atom is -0.0141 e. The molecule has 1 rings (SSSR count). The Morgan fingerprint density at radius 2 is 1.81 bits per heavy atom. The van der Waals surface area contributed by atoms with Crippen LogP contribution in [0.25, 0.3) is 0 Å². The Morgan fingerprint density at radius 3 is 2.19 bits per heavy atom. The van der Waals surface area contributed by atoms with Gasteiger partial charge in [-0.25, -0.2) is 0 Å². The van der Waals surface area contributed by atoms with Gasteiger partial charge in [-0.3, -0.25) is 0 Å². The summed E-state index contributed by atoms with van der Waals surface area (Å²) in [4.78, 5) is 0. The highest BCUT2D eigenvalue weighted by molar-refractivity contribution is 5.23. The molecule has 1 aliphatic carbocycles. The van der Waals surface area contributed by atoms with Crippen molar-refractivity contribution in [2.24, 2.45) is 23.7 Å². The van der Waals surface area contributed by atoms with E-state index in [2.05, 4.69) is 41.5 Å². The molecule has 16 heavy (non-hydrogen) atoms. The van der Waals surface area contributed by atoms with Crippen molar-refractivity contribution in [1.29, 1.82) is 0 Å². The predicted octanol–water partition coefficient (Wildman–Crippen LogP) is 5.44. The van der Waals surface area contributed by atoms with Crippen LogP contribution in [-0.4, -0.2) is 0 Å². The van der Waals surface area contributed by atoms with Crippen LogP contribution in [-0.2, 0) is 0 Å². The summed E-state index contributed by atoms with van der Waals surface area (Å²) in [5.41, 5.74) is 3.49. The molecule has 0 bridgehead atoms. The van der Waals surface area contributed by atoms with Crippen molar-refractivity contribution in [3.05, 3.63) is 11.1 Å². The highest BCUT2D eigenvalue weighted by Crippen LogP contribution is 2.54. The Kier molecular flexibility index (Phi) is 5.08. The third-order valence-electron chi connectivity index (χ3n) is 4.51. The molecule has 3 atom stereocenters. The van der Waals surface area contributed by atoms with Crippen molar-refractivity contribution in [2.45, 2.75) is 67.2 Å². The molecule has 1 saturated carbocycles. The predicted molar refractivity (Wildman–Crippen MR) is 73.5 cm³/mol. The summed E-state index contributed by atoms with van der Waals surface area (Å²) in [5, 5.41) is 0. The highest BCUT2D eigenvalue weighted by atomic mass is 14.5. The SMILES string of the molecule is CCC(C)=C(CCC(C)C)C1C(C)C1CC. The van der Waals surface area contributed by atoms with Gasteiger partial charge < -0.3 is 0 Å². The van der Waals surface area contributed by atoms with Crippen LogP contribution in [0.1, 0.15) is 67.2 Å². The first-order valence-electron chi connectivity index (χ1n) is 7.21. The van der Waals surface area contributed by atoms with Gasteiger partial charge >= 0.3 is 0 Å². The minimum Gasteiger partial charge on any atom is -0.0741 e. The van der Waals surface area contributed by atoms with E-state index in [0.717, 1.165) is 23.7 Å². The molecule has 1 aliphatic rings. The average Bonchev–Trinajstić information content (AvgIpc) is 2.88. The summed E-state index contributed by atoms with van der Waals surface area (Å²) in [7, 11) is 0. The molecule has 0 heterocycles. The molecule has 94 valence electrons. The van der Waals surface area contributed by atoms with E-state index in [0.29, 0.717) is 0 Å². The molecule has 3 unspecified atom stereocenters. The van der Waals surface area contributed by atoms with Gasteiger partial charge in [-0.15, -0.1) is 0 Å². The summed E-state index contributed by atoms with van der Waals surface area (Å²) in [6.45, 7) is 14.1. The van der Waals surface area contributed by atoms with Gasteiger partial charge in [0, 0.05) is 0 Å². The molecule has 0 aromatic heterocycles. The number of hydrogen-bond donors (Lipinski definition) is 0. The van der Waals surface area contributed by atoms with Crippen molar-refractivity contribution in [3.63, 3.8) is 0 Å². The van der Waals surface area contributed by atoms with Crippen LogP contribution >= 0.6 is 0 Å². The van der Waals surface area contributed by atoms with Crippen LogP contribution in [0, 0.1) is 23.7 Å². The van der Waals surface area contributed by atoms with Crippen molar-refractivity contribution in [3.8, 4) is 0 Å². The van der Waals surface area contributed by atoms with Gasteiger partial charge in [0.25, 0.3) is 0 Å². The third-order valence-corrected chi connectivity index (χ3v) is 4.51. The van der Waals surface area contributed by atoms with Crippen LogP contribution in [0.5, 0.6) is 0 Å². The quantitative estimate of drug-likeness (QED) is 0.525. The van der Waals surface area contributed by atoms with Gasteiger partial charge in [0.15, 0.2) is 0 Å². The fourth-order valence-corrected chi connectivity index (χ4v) is 3.08. The van der Waals surface area contributed by atoms with Gasteiger partial charge in [-0.05, 0) is 49.9 Å². The Labute approximate surface area is 103 Å². The highest BCUT2D eigenvalue weighted by Gasteiger charge is 2.46. The first kappa shape index (κ1) is 13.8. The second-order valence-corrected chi connectivity index (χ2v) is 6.05. The van der Waals surface area contributed by atoms with E-state index in [1.807, 2.05) is 5.57 Å². The fraction of sp³-hybridized carbons (Fsp3) is 0.875. The van der Waals surface area contributed by atoms with Crippen LogP contribution in [0.2, 0.25) is 0 Å². The lowest BCUT2D eigenvalue weighted by Gasteiger charge is -2.13. The number of hydrogen-bond acceptors (Lipinski definition) is 0. The molecular weight excluding hydrogens is 192 g/mol. The van der Waals surface area contributed by atoms with Crippen LogP contribution in [0.3, 0.4) is 0 Å². The lowest BCUT2D eigenvalue weighted by Crippen LogP contribution is -1.98. The number of rotatable bonds is 6. The first-order chi connectivity index (χ1) is 7.52. The van der Waals surface area contributed by atoms with E-state index in [9.17, 15) is 0 Å². The minimum absolute atomic E-state index is 0.841. The van der Waals surface area contributed by atoms with Crippen LogP contribution in [0.15, 0.2) is 11.1 Å². The third kappa shape index (κ3) is 3.12. The Morgan fingerprint density at radius 1 is 1.19 bits per heavy atom. The molecule has 0 radical (unpaired) electrons.